The van der Waals surface area contributed by atoms with Crippen LogP contribution in [0.4, 0.5) is 56.8 Å². The summed E-state index contributed by atoms with van der Waals surface area (Å²) in [7, 11) is -19.4. The van der Waals surface area contributed by atoms with E-state index in [1.165, 1.54) is 17.8 Å². The number of hydrogen-bond donors (Lipinski definition) is 3. The number of aromatic amines is 1. The lowest BCUT2D eigenvalue weighted by Crippen LogP contribution is -2.49. The monoisotopic (exact) mass is 831 g/mol. The Kier molecular flexibility index (Phi) is 15.1. The van der Waals surface area contributed by atoms with Crippen LogP contribution in [0, 0.1) is 0 Å². The number of anilines is 3. The van der Waals surface area contributed by atoms with E-state index in [1.807, 2.05) is 6.92 Å². The summed E-state index contributed by atoms with van der Waals surface area (Å²) in [5.41, 5.74) is -8.86. The Hall–Kier alpha value is -3.70. The van der Waals surface area contributed by atoms with Gasteiger partial charge in [-0.3, -0.25) is 4.79 Å². The first-order valence-electron chi connectivity index (χ1n) is 12.4. The topological polar surface area (TPSA) is 238 Å². The summed E-state index contributed by atoms with van der Waals surface area (Å²) in [5, 5.41) is 0.613. The second kappa shape index (κ2) is 17.0. The Morgan fingerprint density at radius 3 is 1.64 bits per heavy atom. The van der Waals surface area contributed by atoms with Crippen LogP contribution >= 0.6 is 23.5 Å². The number of para-hydroxylation sites is 1. The lowest BCUT2D eigenvalue weighted by Gasteiger charge is -2.25. The average Bonchev–Trinajstić information content (AvgIpc) is 2.91. The average molecular weight is 832 g/mol. The zero-order valence-electron chi connectivity index (χ0n) is 24.6. The summed E-state index contributed by atoms with van der Waals surface area (Å²) < 4.78 is 179. The maximum absolute atomic E-state index is 12.4. The predicted octanol–water partition coefficient (Wildman–Crippen LogP) is 4.06. The highest BCUT2D eigenvalue weighted by Crippen LogP contribution is 2.38. The molecule has 5 N–H and O–H groups in total. The number of nitrogens with two attached hydrogens (primary N) is 2. The molecule has 0 fully saturated rings. The minimum Gasteiger partial charge on any atom is -0.383 e. The van der Waals surface area contributed by atoms with E-state index in [2.05, 4.69) is 24.1 Å². The van der Waals surface area contributed by atoms with Crippen LogP contribution in [0.5, 0.6) is 5.88 Å². The number of H-pyrrole nitrogens is 1. The van der Waals surface area contributed by atoms with E-state index in [4.69, 9.17) is 11.5 Å². The fraction of sp³-hybridized carbons (Fsp3) is 0.333. The number of hydrogen-bond acceptors (Lipinski definition) is 15. The number of alkyl halides is 9. The number of rotatable bonds is 9. The third-order valence-electron chi connectivity index (χ3n) is 4.46. The summed E-state index contributed by atoms with van der Waals surface area (Å²) in [4.78, 5) is 24.5. The molecule has 29 heteroatoms. The predicted molar refractivity (Wildman–Crippen MR) is 163 cm³/mol. The van der Waals surface area contributed by atoms with E-state index >= 15 is 0 Å². The van der Waals surface area contributed by atoms with Gasteiger partial charge in [-0.2, -0.15) is 69.8 Å². The number of nitrogens with one attached hydrogen (secondary N) is 1. The Morgan fingerprint density at radius 1 is 0.740 bits per heavy atom. The Morgan fingerprint density at radius 2 is 1.22 bits per heavy atom. The number of sulfonamides is 2. The Bertz CT molecular complexity index is 1940. The highest BCUT2D eigenvalue weighted by atomic mass is 32.3. The van der Waals surface area contributed by atoms with Gasteiger partial charge in [0.05, 0.1) is 5.69 Å². The standard InChI is InChI=1S/C8H5F6NO4S2.C7H8F3N3O3S2.C6H9N3OS/c9-7(10,11)20(16,17)15(6-4-2-1-3-5-6)21(18,19)8(12,13)14;1-2-17-6-12-4(11)3-5(13-6)16-18(14,15)7(8,9)10;1-2-11-6-8-4(7)3-5(10)9-6/h1-5H;3H,2H2,1H3,(H2,11,12,13);3H,2H2,1H3,(H3,7,8,9,10). The lowest BCUT2D eigenvalue weighted by molar-refractivity contribution is -0.0503. The van der Waals surface area contributed by atoms with Gasteiger partial charge in [0.25, 0.3) is 5.56 Å². The zero-order valence-corrected chi connectivity index (χ0v) is 28.7. The number of halogens is 9. The smallest absolute Gasteiger partial charge is 0.383 e. The van der Waals surface area contributed by atoms with Crippen LogP contribution in [0.1, 0.15) is 13.8 Å². The van der Waals surface area contributed by atoms with Crippen molar-refractivity contribution in [1.29, 1.82) is 0 Å². The van der Waals surface area contributed by atoms with Gasteiger partial charge >= 0.3 is 46.7 Å². The van der Waals surface area contributed by atoms with Crippen molar-refractivity contribution >= 4 is 71.0 Å². The first kappa shape index (κ1) is 44.3. The van der Waals surface area contributed by atoms with Crippen LogP contribution in [0.15, 0.2) is 57.6 Å². The van der Waals surface area contributed by atoms with Crippen molar-refractivity contribution in [3.8, 4) is 5.88 Å². The van der Waals surface area contributed by atoms with Crippen molar-refractivity contribution in [1.82, 2.24) is 19.9 Å². The molecule has 3 aromatic rings. The molecule has 0 aliphatic heterocycles. The molecular formula is C21H22F9N7O8S5. The van der Waals surface area contributed by atoms with Crippen molar-refractivity contribution in [2.24, 2.45) is 0 Å². The third-order valence-corrected chi connectivity index (χ3v) is 10.5. The quantitative estimate of drug-likeness (QED) is 0.0906. The van der Waals surface area contributed by atoms with Crippen molar-refractivity contribution in [3.05, 3.63) is 52.8 Å². The largest absolute Gasteiger partial charge is 0.534 e. The number of thioether (sulfide) groups is 2. The molecule has 2 heterocycles. The maximum Gasteiger partial charge on any atom is 0.534 e. The molecular weight excluding hydrogens is 810 g/mol. The van der Waals surface area contributed by atoms with Crippen LogP contribution < -0.4 is 24.9 Å². The molecule has 0 aliphatic carbocycles. The van der Waals surface area contributed by atoms with E-state index in [-0.39, 0.29) is 22.4 Å². The normalized spacial score (nSPS) is 12.5. The zero-order chi connectivity index (χ0) is 38.9. The maximum atomic E-state index is 12.4. The molecule has 0 bridgehead atoms. The van der Waals surface area contributed by atoms with Gasteiger partial charge in [0.1, 0.15) is 11.6 Å². The van der Waals surface area contributed by atoms with E-state index in [0.717, 1.165) is 41.8 Å². The first-order chi connectivity index (χ1) is 22.6. The fourth-order valence-corrected chi connectivity index (χ4v) is 6.94. The summed E-state index contributed by atoms with van der Waals surface area (Å²) in [6.07, 6.45) is 0. The summed E-state index contributed by atoms with van der Waals surface area (Å²) in [5.74, 6) is 0.718. The molecule has 0 unspecified atom stereocenters. The number of nitrogen functional groups attached to an aromatic ring is 2. The van der Waals surface area contributed by atoms with Crippen molar-refractivity contribution in [3.63, 3.8) is 0 Å². The molecule has 0 saturated heterocycles. The van der Waals surface area contributed by atoms with Gasteiger partial charge in [0.2, 0.25) is 5.88 Å². The first-order valence-corrected chi connectivity index (χ1v) is 18.6. The van der Waals surface area contributed by atoms with E-state index in [0.29, 0.717) is 23.0 Å². The van der Waals surface area contributed by atoms with Crippen LogP contribution in [0.3, 0.4) is 0 Å². The van der Waals surface area contributed by atoms with Crippen LogP contribution in [0.2, 0.25) is 0 Å². The van der Waals surface area contributed by atoms with E-state index < -0.39 is 62.0 Å². The fourth-order valence-electron chi connectivity index (χ4n) is 2.62. The molecule has 1 aromatic carbocycles. The molecule has 0 aliphatic rings. The van der Waals surface area contributed by atoms with Gasteiger partial charge in [0, 0.05) is 12.1 Å². The molecule has 3 rings (SSSR count). The summed E-state index contributed by atoms with van der Waals surface area (Å²) in [6, 6.07) is 5.91. The number of benzene rings is 1. The van der Waals surface area contributed by atoms with Crippen LogP contribution in [0.25, 0.3) is 0 Å². The number of nitrogens with zero attached hydrogens (tertiary/aromatic N) is 4. The van der Waals surface area contributed by atoms with Crippen molar-refractivity contribution in [2.45, 2.75) is 40.7 Å². The molecule has 282 valence electrons. The van der Waals surface area contributed by atoms with E-state index in [1.54, 1.807) is 6.92 Å². The van der Waals surface area contributed by atoms with Gasteiger partial charge in [-0.1, -0.05) is 55.6 Å². The minimum atomic E-state index is -6.81. The molecule has 0 amide bonds. The molecule has 50 heavy (non-hydrogen) atoms. The molecule has 0 saturated carbocycles. The SMILES string of the molecule is CCSc1nc(N)cc(=O)[nH]1.CCSc1nc(N)cc(OS(=O)(=O)C(F)(F)F)n1.O=S(=O)(N(c1ccccc1)S(=O)(=O)C(F)(F)F)C(F)(F)F. The molecule has 0 spiro atoms. The van der Waals surface area contributed by atoms with Gasteiger partial charge in [0.15, 0.2) is 10.3 Å². The van der Waals surface area contributed by atoms with Gasteiger partial charge in [-0.05, 0) is 23.6 Å². The molecule has 15 nitrogen and oxygen atoms in total. The van der Waals surface area contributed by atoms with Gasteiger partial charge in [-0.25, -0.2) is 9.97 Å². The molecule has 2 aromatic heterocycles. The third kappa shape index (κ3) is 12.3. The van der Waals surface area contributed by atoms with Gasteiger partial charge < -0.3 is 20.6 Å². The Labute approximate surface area is 285 Å². The van der Waals surface area contributed by atoms with Gasteiger partial charge in [-0.15, -0.1) is 3.71 Å². The van der Waals surface area contributed by atoms with Crippen LogP contribution in [-0.4, -0.2) is 73.2 Å². The lowest BCUT2D eigenvalue weighted by atomic mass is 10.3. The highest BCUT2D eigenvalue weighted by Gasteiger charge is 2.61. The van der Waals surface area contributed by atoms with Crippen molar-refractivity contribution < 1.29 is 69.0 Å². The second-order valence-corrected chi connectivity index (χ2v) is 16.0. The Balaban J connectivity index is 0.000000392. The van der Waals surface area contributed by atoms with E-state index in [9.17, 15) is 69.6 Å². The summed E-state index contributed by atoms with van der Waals surface area (Å²) >= 11 is 2.54. The second-order valence-electron chi connectivity index (χ2n) is 8.17. The molecule has 0 radical (unpaired) electrons. The highest BCUT2D eigenvalue weighted by molar-refractivity contribution is 8.11. The number of aromatic nitrogens is 4. The molecule has 0 atom stereocenters. The summed E-state index contributed by atoms with van der Waals surface area (Å²) in [6.45, 7) is 3.73. The minimum absolute atomic E-state index is 0.0323. The van der Waals surface area contributed by atoms with Crippen molar-refractivity contribution in [2.75, 3.05) is 26.7 Å². The van der Waals surface area contributed by atoms with Crippen LogP contribution in [-0.2, 0) is 30.2 Å².